The van der Waals surface area contributed by atoms with Crippen LogP contribution in [0.15, 0.2) is 30.3 Å². The minimum Gasteiger partial charge on any atom is -0.383 e. The van der Waals surface area contributed by atoms with Gasteiger partial charge in [-0.1, -0.05) is 37.1 Å². The molecule has 1 fully saturated rings. The van der Waals surface area contributed by atoms with Crippen LogP contribution >= 0.6 is 0 Å². The van der Waals surface area contributed by atoms with Crippen LogP contribution in [0.2, 0.25) is 0 Å². The summed E-state index contributed by atoms with van der Waals surface area (Å²) in [6.07, 6.45) is 4.95. The molecule has 1 heterocycles. The van der Waals surface area contributed by atoms with E-state index >= 15 is 0 Å². The number of pyridine rings is 1. The van der Waals surface area contributed by atoms with E-state index in [1.54, 1.807) is 0 Å². The summed E-state index contributed by atoms with van der Waals surface area (Å²) in [7, 11) is 0. The lowest BCUT2D eigenvalue weighted by atomic mass is 9.99. The van der Waals surface area contributed by atoms with Gasteiger partial charge in [-0.15, -0.1) is 0 Å². The molecule has 0 bridgehead atoms. The van der Waals surface area contributed by atoms with Crippen LogP contribution in [-0.4, -0.2) is 16.9 Å². The van der Waals surface area contributed by atoms with Gasteiger partial charge in [0.1, 0.15) is 11.5 Å². The van der Waals surface area contributed by atoms with E-state index in [1.165, 1.54) is 25.7 Å². The van der Waals surface area contributed by atoms with Crippen molar-refractivity contribution in [2.45, 2.75) is 38.6 Å². The van der Waals surface area contributed by atoms with Crippen LogP contribution in [-0.2, 0) is 0 Å². The Hall–Kier alpha value is -2.10. The SMILES string of the molecule is CC(NC(=O)c1cc2ccccc2c(N)n1)C1CCCC1. The molecule has 4 heteroatoms. The molecule has 21 heavy (non-hydrogen) atoms. The maximum absolute atomic E-state index is 12.4. The largest absolute Gasteiger partial charge is 0.383 e. The van der Waals surface area contributed by atoms with Crippen molar-refractivity contribution in [2.24, 2.45) is 5.92 Å². The number of hydrogen-bond donors (Lipinski definition) is 2. The number of nitrogens with one attached hydrogen (secondary N) is 1. The Bertz CT molecular complexity index is 662. The van der Waals surface area contributed by atoms with Crippen LogP contribution in [0.4, 0.5) is 5.82 Å². The van der Waals surface area contributed by atoms with Crippen LogP contribution in [0.25, 0.3) is 10.8 Å². The lowest BCUT2D eigenvalue weighted by Crippen LogP contribution is -2.37. The zero-order valence-electron chi connectivity index (χ0n) is 12.3. The van der Waals surface area contributed by atoms with Crippen LogP contribution in [0.3, 0.4) is 0 Å². The second-order valence-electron chi connectivity index (χ2n) is 5.92. The van der Waals surface area contributed by atoms with Gasteiger partial charge in [0.05, 0.1) is 0 Å². The molecule has 0 spiro atoms. The molecule has 2 aromatic rings. The third kappa shape index (κ3) is 2.84. The number of nitrogens with two attached hydrogens (primary N) is 1. The number of benzene rings is 1. The van der Waals surface area contributed by atoms with E-state index in [0.717, 1.165) is 10.8 Å². The predicted molar refractivity (Wildman–Crippen MR) is 85.0 cm³/mol. The van der Waals surface area contributed by atoms with Crippen LogP contribution in [0.5, 0.6) is 0 Å². The van der Waals surface area contributed by atoms with Gasteiger partial charge in [0.25, 0.3) is 5.91 Å². The number of carbonyl (C=O) groups excluding carboxylic acids is 1. The number of hydrogen-bond acceptors (Lipinski definition) is 3. The molecule has 1 atom stereocenters. The summed E-state index contributed by atoms with van der Waals surface area (Å²) < 4.78 is 0. The Kier molecular flexibility index (Phi) is 3.78. The molecule has 3 rings (SSSR count). The van der Waals surface area contributed by atoms with Crippen LogP contribution in [0.1, 0.15) is 43.1 Å². The van der Waals surface area contributed by atoms with E-state index in [-0.39, 0.29) is 11.9 Å². The monoisotopic (exact) mass is 283 g/mol. The Morgan fingerprint density at radius 3 is 2.81 bits per heavy atom. The highest BCUT2D eigenvalue weighted by Crippen LogP contribution is 2.27. The molecule has 110 valence electrons. The summed E-state index contributed by atoms with van der Waals surface area (Å²) in [5.41, 5.74) is 6.36. The summed E-state index contributed by atoms with van der Waals surface area (Å²) in [5.74, 6) is 0.866. The maximum atomic E-state index is 12.4. The third-order valence-electron chi connectivity index (χ3n) is 4.47. The second-order valence-corrected chi connectivity index (χ2v) is 5.92. The summed E-state index contributed by atoms with van der Waals surface area (Å²) >= 11 is 0. The topological polar surface area (TPSA) is 68.0 Å². The van der Waals surface area contributed by atoms with Crippen molar-refractivity contribution in [3.63, 3.8) is 0 Å². The van der Waals surface area contributed by atoms with Crippen LogP contribution in [0, 0.1) is 5.92 Å². The minimum atomic E-state index is -0.133. The summed E-state index contributed by atoms with van der Waals surface area (Å²) in [6.45, 7) is 2.08. The molecule has 0 radical (unpaired) electrons. The number of nitrogen functional groups attached to an aromatic ring is 1. The molecule has 1 aromatic heterocycles. The Morgan fingerprint density at radius 2 is 2.05 bits per heavy atom. The minimum absolute atomic E-state index is 0.133. The molecule has 1 saturated carbocycles. The maximum Gasteiger partial charge on any atom is 0.270 e. The fourth-order valence-electron chi connectivity index (χ4n) is 3.20. The molecule has 4 nitrogen and oxygen atoms in total. The lowest BCUT2D eigenvalue weighted by molar-refractivity contribution is 0.0922. The first-order chi connectivity index (χ1) is 10.1. The standard InChI is InChI=1S/C17H21N3O/c1-11(12-6-2-3-7-12)19-17(21)15-10-13-8-4-5-9-14(13)16(18)20-15/h4-5,8-12H,2-3,6-7H2,1H3,(H2,18,20)(H,19,21). The van der Waals surface area contributed by atoms with Crippen LogP contribution < -0.4 is 11.1 Å². The average molecular weight is 283 g/mol. The number of nitrogens with zero attached hydrogens (tertiary/aromatic N) is 1. The van der Waals surface area contributed by atoms with Crippen molar-refractivity contribution in [1.29, 1.82) is 0 Å². The van der Waals surface area contributed by atoms with Gasteiger partial charge in [0.2, 0.25) is 0 Å². The normalized spacial score (nSPS) is 17.0. The average Bonchev–Trinajstić information content (AvgIpc) is 3.01. The predicted octanol–water partition coefficient (Wildman–Crippen LogP) is 3.13. The fraction of sp³-hybridized carbons (Fsp3) is 0.412. The zero-order chi connectivity index (χ0) is 14.8. The lowest BCUT2D eigenvalue weighted by Gasteiger charge is -2.20. The van der Waals surface area contributed by atoms with Crippen molar-refractivity contribution in [2.75, 3.05) is 5.73 Å². The first kappa shape index (κ1) is 13.9. The quantitative estimate of drug-likeness (QED) is 0.909. The molecule has 1 aromatic carbocycles. The number of aromatic nitrogens is 1. The highest BCUT2D eigenvalue weighted by Gasteiger charge is 2.23. The number of amides is 1. The number of carbonyl (C=O) groups is 1. The molecule has 1 aliphatic carbocycles. The third-order valence-corrected chi connectivity index (χ3v) is 4.47. The Balaban J connectivity index is 1.81. The molecule has 3 N–H and O–H groups in total. The van der Waals surface area contributed by atoms with Gasteiger partial charge in [-0.2, -0.15) is 0 Å². The van der Waals surface area contributed by atoms with Crippen molar-refractivity contribution in [1.82, 2.24) is 10.3 Å². The molecule has 0 aliphatic heterocycles. The van der Waals surface area contributed by atoms with Crippen molar-refractivity contribution in [3.8, 4) is 0 Å². The smallest absolute Gasteiger partial charge is 0.270 e. The molecule has 1 amide bonds. The second kappa shape index (κ2) is 5.72. The molecule has 0 saturated heterocycles. The van der Waals surface area contributed by atoms with E-state index in [1.807, 2.05) is 30.3 Å². The molecular weight excluding hydrogens is 262 g/mol. The number of anilines is 1. The molecule has 1 aliphatic rings. The first-order valence-electron chi connectivity index (χ1n) is 7.61. The van der Waals surface area contributed by atoms with Crippen molar-refractivity contribution in [3.05, 3.63) is 36.0 Å². The summed E-state index contributed by atoms with van der Waals surface area (Å²) in [4.78, 5) is 16.6. The number of fused-ring (bicyclic) bond motifs is 1. The van der Waals surface area contributed by atoms with E-state index in [4.69, 9.17) is 5.73 Å². The highest BCUT2D eigenvalue weighted by atomic mass is 16.1. The summed E-state index contributed by atoms with van der Waals surface area (Å²) in [6, 6.07) is 9.72. The van der Waals surface area contributed by atoms with Gasteiger partial charge in [-0.3, -0.25) is 4.79 Å². The van der Waals surface area contributed by atoms with E-state index in [9.17, 15) is 4.79 Å². The highest BCUT2D eigenvalue weighted by molar-refractivity contribution is 5.99. The van der Waals surface area contributed by atoms with Gasteiger partial charge in [-0.25, -0.2) is 4.98 Å². The van der Waals surface area contributed by atoms with Gasteiger partial charge >= 0.3 is 0 Å². The van der Waals surface area contributed by atoms with E-state index in [0.29, 0.717) is 17.4 Å². The van der Waals surface area contributed by atoms with Gasteiger partial charge < -0.3 is 11.1 Å². The first-order valence-corrected chi connectivity index (χ1v) is 7.61. The van der Waals surface area contributed by atoms with Crippen molar-refractivity contribution < 1.29 is 4.79 Å². The number of rotatable bonds is 3. The zero-order valence-corrected chi connectivity index (χ0v) is 12.3. The Labute approximate surface area is 124 Å². The molecular formula is C17H21N3O. The van der Waals surface area contributed by atoms with E-state index in [2.05, 4.69) is 17.2 Å². The molecule has 1 unspecified atom stereocenters. The van der Waals surface area contributed by atoms with Gasteiger partial charge in [0, 0.05) is 11.4 Å². The van der Waals surface area contributed by atoms with Gasteiger partial charge in [-0.05, 0) is 37.1 Å². The van der Waals surface area contributed by atoms with E-state index < -0.39 is 0 Å². The summed E-state index contributed by atoms with van der Waals surface area (Å²) in [5, 5.41) is 4.91. The fourth-order valence-corrected chi connectivity index (χ4v) is 3.20. The van der Waals surface area contributed by atoms with Gasteiger partial charge in [0.15, 0.2) is 0 Å². The Morgan fingerprint density at radius 1 is 1.33 bits per heavy atom. The van der Waals surface area contributed by atoms with Crippen molar-refractivity contribution >= 4 is 22.5 Å².